The highest BCUT2D eigenvalue weighted by molar-refractivity contribution is 8.04. The normalized spacial score (nSPS) is 30.2. The number of β-lactam (4-membered cyclic amide) rings is 1. The molecule has 4 N–H and O–H groups in total. The summed E-state index contributed by atoms with van der Waals surface area (Å²) in [5.41, 5.74) is 5.41. The van der Waals surface area contributed by atoms with Crippen molar-refractivity contribution < 1.29 is 19.8 Å². The van der Waals surface area contributed by atoms with E-state index in [1.807, 2.05) is 0 Å². The van der Waals surface area contributed by atoms with E-state index < -0.39 is 18.0 Å². The Balaban J connectivity index is 2.29. The Labute approximate surface area is 96.1 Å². The molecule has 1 fully saturated rings. The van der Waals surface area contributed by atoms with Gasteiger partial charge in [0.15, 0.2) is 0 Å². The molecule has 1 amide bonds. The summed E-state index contributed by atoms with van der Waals surface area (Å²) in [5.74, 6) is -2.01. The monoisotopic (exact) mass is 244 g/mol. The van der Waals surface area contributed by atoms with E-state index in [2.05, 4.69) is 0 Å². The van der Waals surface area contributed by atoms with Crippen molar-refractivity contribution in [2.24, 2.45) is 11.7 Å². The van der Waals surface area contributed by atoms with Crippen LogP contribution in [0, 0.1) is 5.92 Å². The lowest BCUT2D eigenvalue weighted by molar-refractivity contribution is -0.156. The van der Waals surface area contributed by atoms with Crippen molar-refractivity contribution in [1.82, 2.24) is 4.90 Å². The van der Waals surface area contributed by atoms with Crippen molar-refractivity contribution in [3.05, 3.63) is 10.6 Å². The summed E-state index contributed by atoms with van der Waals surface area (Å²) in [6, 6.07) is 0. The van der Waals surface area contributed by atoms with Crippen LogP contribution in [0.5, 0.6) is 0 Å². The van der Waals surface area contributed by atoms with Gasteiger partial charge in [-0.05, 0) is 6.92 Å². The third kappa shape index (κ3) is 1.35. The van der Waals surface area contributed by atoms with E-state index in [9.17, 15) is 14.7 Å². The number of hydrogen-bond acceptors (Lipinski definition) is 5. The molecule has 0 bridgehead atoms. The number of aliphatic hydroxyl groups excluding tert-OH is 1. The minimum atomic E-state index is -1.15. The lowest BCUT2D eigenvalue weighted by atomic mass is 9.92. The van der Waals surface area contributed by atoms with Gasteiger partial charge in [0.2, 0.25) is 5.91 Å². The zero-order valence-electron chi connectivity index (χ0n) is 8.58. The maximum absolute atomic E-state index is 11.7. The third-order valence-electron chi connectivity index (χ3n) is 2.76. The Bertz CT molecular complexity index is 393. The fraction of sp³-hybridized carbons (Fsp3) is 0.556. The second-order valence-electron chi connectivity index (χ2n) is 3.76. The summed E-state index contributed by atoms with van der Waals surface area (Å²) in [6.45, 7) is 1.63. The fourth-order valence-corrected chi connectivity index (χ4v) is 3.49. The molecule has 6 nitrogen and oxygen atoms in total. The van der Waals surface area contributed by atoms with Crippen molar-refractivity contribution in [2.45, 2.75) is 18.4 Å². The van der Waals surface area contributed by atoms with Crippen LogP contribution in [-0.2, 0) is 9.59 Å². The number of aliphatic carboxylic acids is 1. The molecule has 0 aromatic rings. The average molecular weight is 244 g/mol. The standard InChI is InChI=1S/C9H12N2O4S/c1-3(12)5-7(13)11-6(9(14)15)4(2-10)16-8(5)11/h3,5,8,12H,2,10H2,1H3,(H,14,15)/t3?,5?,8-/m1/s1. The van der Waals surface area contributed by atoms with Crippen LogP contribution >= 0.6 is 11.8 Å². The van der Waals surface area contributed by atoms with Crippen molar-refractivity contribution in [1.29, 1.82) is 0 Å². The number of thioether (sulfide) groups is 1. The highest BCUT2D eigenvalue weighted by Gasteiger charge is 2.57. The molecule has 2 unspecified atom stereocenters. The summed E-state index contributed by atoms with van der Waals surface area (Å²) in [4.78, 5) is 24.4. The lowest BCUT2D eigenvalue weighted by Gasteiger charge is -2.43. The van der Waals surface area contributed by atoms with Gasteiger partial charge in [-0.25, -0.2) is 4.79 Å². The summed E-state index contributed by atoms with van der Waals surface area (Å²) < 4.78 is 0. The van der Waals surface area contributed by atoms with Gasteiger partial charge < -0.3 is 15.9 Å². The van der Waals surface area contributed by atoms with Crippen molar-refractivity contribution >= 4 is 23.6 Å². The van der Waals surface area contributed by atoms with E-state index in [0.717, 1.165) is 0 Å². The molecule has 1 saturated heterocycles. The lowest BCUT2D eigenvalue weighted by Crippen LogP contribution is -2.60. The number of amides is 1. The number of carboxylic acid groups (broad SMARTS) is 1. The Morgan fingerprint density at radius 3 is 2.75 bits per heavy atom. The summed E-state index contributed by atoms with van der Waals surface area (Å²) in [7, 11) is 0. The van der Waals surface area contributed by atoms with Crippen LogP contribution in [0.15, 0.2) is 10.6 Å². The molecule has 2 aliphatic rings. The van der Waals surface area contributed by atoms with E-state index in [0.29, 0.717) is 4.91 Å². The average Bonchev–Trinajstić information content (AvgIpc) is 2.51. The highest BCUT2D eigenvalue weighted by atomic mass is 32.2. The van der Waals surface area contributed by atoms with Crippen molar-refractivity contribution in [3.8, 4) is 0 Å². The molecule has 0 aromatic carbocycles. The molecule has 0 aromatic heterocycles. The first kappa shape index (κ1) is 11.4. The molecule has 3 atom stereocenters. The fourth-order valence-electron chi connectivity index (χ4n) is 2.00. The van der Waals surface area contributed by atoms with Crippen LogP contribution in [0.3, 0.4) is 0 Å². The van der Waals surface area contributed by atoms with Crippen LogP contribution in [-0.4, -0.2) is 45.0 Å². The minimum absolute atomic E-state index is 0.0283. The number of fused-ring (bicyclic) bond motifs is 1. The quantitative estimate of drug-likeness (QED) is 0.559. The number of aliphatic hydroxyl groups is 1. The molecule has 2 rings (SSSR count). The van der Waals surface area contributed by atoms with Gasteiger partial charge >= 0.3 is 5.97 Å². The first-order valence-corrected chi connectivity index (χ1v) is 5.71. The van der Waals surface area contributed by atoms with Gasteiger partial charge in [-0.3, -0.25) is 9.69 Å². The number of carboxylic acids is 1. The smallest absolute Gasteiger partial charge is 0.353 e. The van der Waals surface area contributed by atoms with Gasteiger partial charge in [0.1, 0.15) is 11.1 Å². The van der Waals surface area contributed by atoms with Crippen LogP contribution in [0.25, 0.3) is 0 Å². The number of rotatable bonds is 3. The summed E-state index contributed by atoms with van der Waals surface area (Å²) in [6.07, 6.45) is -0.770. The Hall–Kier alpha value is -1.05. The predicted molar refractivity (Wildman–Crippen MR) is 57.1 cm³/mol. The topological polar surface area (TPSA) is 104 Å². The van der Waals surface area contributed by atoms with Crippen molar-refractivity contribution in [3.63, 3.8) is 0 Å². The predicted octanol–water partition coefficient (Wildman–Crippen LogP) is -0.847. The zero-order chi connectivity index (χ0) is 12.0. The zero-order valence-corrected chi connectivity index (χ0v) is 9.40. The van der Waals surface area contributed by atoms with Gasteiger partial charge in [0, 0.05) is 11.4 Å². The molecular formula is C9H12N2O4S. The molecule has 16 heavy (non-hydrogen) atoms. The number of hydrogen-bond donors (Lipinski definition) is 3. The van der Waals surface area contributed by atoms with Crippen LogP contribution in [0.1, 0.15) is 6.92 Å². The van der Waals surface area contributed by atoms with E-state index in [1.54, 1.807) is 0 Å². The molecule has 2 aliphatic heterocycles. The van der Waals surface area contributed by atoms with Gasteiger partial charge in [-0.15, -0.1) is 11.8 Å². The number of carbonyl (C=O) groups excluding carboxylic acids is 1. The molecule has 0 aliphatic carbocycles. The molecule has 88 valence electrons. The second-order valence-corrected chi connectivity index (χ2v) is 4.98. The van der Waals surface area contributed by atoms with Crippen LogP contribution in [0.4, 0.5) is 0 Å². The molecule has 0 radical (unpaired) electrons. The molecule has 0 saturated carbocycles. The van der Waals surface area contributed by atoms with Crippen molar-refractivity contribution in [2.75, 3.05) is 6.54 Å². The van der Waals surface area contributed by atoms with Crippen LogP contribution < -0.4 is 5.73 Å². The highest BCUT2D eigenvalue weighted by Crippen LogP contribution is 2.49. The van der Waals surface area contributed by atoms with Gasteiger partial charge in [0.05, 0.1) is 12.0 Å². The van der Waals surface area contributed by atoms with E-state index in [-0.39, 0.29) is 23.5 Å². The molecule has 2 heterocycles. The Morgan fingerprint density at radius 1 is 1.69 bits per heavy atom. The number of nitrogens with zero attached hydrogens (tertiary/aromatic N) is 1. The van der Waals surface area contributed by atoms with Gasteiger partial charge in [-0.1, -0.05) is 0 Å². The number of carbonyl (C=O) groups is 2. The minimum Gasteiger partial charge on any atom is -0.477 e. The second kappa shape index (κ2) is 3.76. The van der Waals surface area contributed by atoms with E-state index >= 15 is 0 Å². The Morgan fingerprint density at radius 2 is 2.31 bits per heavy atom. The summed E-state index contributed by atoms with van der Waals surface area (Å²) in [5, 5.41) is 18.1. The molecule has 0 spiro atoms. The summed E-state index contributed by atoms with van der Waals surface area (Å²) >= 11 is 1.26. The SMILES string of the molecule is CC(O)C1C(=O)N2C(C(=O)O)=C(CN)S[C@H]12. The third-order valence-corrected chi connectivity index (χ3v) is 4.15. The maximum atomic E-state index is 11.7. The van der Waals surface area contributed by atoms with Crippen LogP contribution in [0.2, 0.25) is 0 Å². The first-order chi connectivity index (χ1) is 7.49. The van der Waals surface area contributed by atoms with Gasteiger partial charge in [0.25, 0.3) is 0 Å². The molecule has 7 heteroatoms. The number of nitrogens with two attached hydrogens (primary N) is 1. The maximum Gasteiger partial charge on any atom is 0.353 e. The molecular weight excluding hydrogens is 232 g/mol. The first-order valence-electron chi connectivity index (χ1n) is 4.83. The van der Waals surface area contributed by atoms with E-state index in [4.69, 9.17) is 10.8 Å². The van der Waals surface area contributed by atoms with E-state index in [1.165, 1.54) is 23.6 Å². The Kier molecular flexibility index (Phi) is 2.69. The van der Waals surface area contributed by atoms with Gasteiger partial charge in [-0.2, -0.15) is 0 Å². The largest absolute Gasteiger partial charge is 0.477 e.